The highest BCUT2D eigenvalue weighted by atomic mass is 31.2. The van der Waals surface area contributed by atoms with Crippen LogP contribution in [-0.2, 0) is 9.13 Å². The Bertz CT molecular complexity index is 610. The smallest absolute Gasteiger partial charge is 0.324 e. The Labute approximate surface area is 128 Å². The maximum absolute atomic E-state index is 11.8. The normalized spacial score (nSPS) is 14.4. The predicted octanol–water partition coefficient (Wildman–Crippen LogP) is 1.09. The van der Waals surface area contributed by atoms with Gasteiger partial charge < -0.3 is 31.0 Å². The van der Waals surface area contributed by atoms with Crippen molar-refractivity contribution in [1.82, 2.24) is 0 Å². The van der Waals surface area contributed by atoms with Crippen LogP contribution in [0.15, 0.2) is 18.2 Å². The van der Waals surface area contributed by atoms with Crippen LogP contribution in [0.4, 0.5) is 0 Å². The molecule has 0 radical (unpaired) electrons. The molecule has 0 aliphatic carbocycles. The van der Waals surface area contributed by atoms with Gasteiger partial charge in [0.25, 0.3) is 0 Å². The summed E-state index contributed by atoms with van der Waals surface area (Å²) in [6, 6.07) is 4.95. The van der Waals surface area contributed by atoms with Gasteiger partial charge in [0.15, 0.2) is 0 Å². The lowest BCUT2D eigenvalue weighted by Crippen LogP contribution is -2.22. The van der Waals surface area contributed by atoms with E-state index < -0.39 is 33.2 Å². The van der Waals surface area contributed by atoms with Crippen molar-refractivity contribution in [2.45, 2.75) is 31.6 Å². The van der Waals surface area contributed by atoms with Crippen LogP contribution in [0.3, 0.4) is 0 Å². The fourth-order valence-corrected chi connectivity index (χ4v) is 3.98. The van der Waals surface area contributed by atoms with Crippen molar-refractivity contribution in [2.24, 2.45) is 11.5 Å². The van der Waals surface area contributed by atoms with Crippen LogP contribution in [0.5, 0.6) is 0 Å². The topological polar surface area (TPSA) is 167 Å². The van der Waals surface area contributed by atoms with Gasteiger partial charge in [-0.1, -0.05) is 23.8 Å². The van der Waals surface area contributed by atoms with E-state index in [4.69, 9.17) is 21.3 Å². The van der Waals surface area contributed by atoms with Gasteiger partial charge >= 0.3 is 15.2 Å². The molecule has 0 saturated heterocycles. The van der Waals surface area contributed by atoms with Gasteiger partial charge in [0.2, 0.25) is 0 Å². The molecule has 0 fully saturated rings. The molecule has 1 unspecified atom stereocenters. The maximum Gasteiger partial charge on any atom is 0.332 e. The highest BCUT2D eigenvalue weighted by Gasteiger charge is 2.33. The number of benzene rings is 1. The van der Waals surface area contributed by atoms with Crippen LogP contribution in [0, 0.1) is 6.92 Å². The first-order valence-electron chi connectivity index (χ1n) is 6.63. The largest absolute Gasteiger partial charge is 0.332 e. The summed E-state index contributed by atoms with van der Waals surface area (Å²) in [7, 11) is -8.74. The van der Waals surface area contributed by atoms with Gasteiger partial charge in [0.05, 0.1) is 11.8 Å². The van der Waals surface area contributed by atoms with Crippen molar-refractivity contribution in [3.8, 4) is 0 Å². The molecule has 0 aliphatic heterocycles. The minimum atomic E-state index is -4.53. The Morgan fingerprint density at radius 2 is 1.68 bits per heavy atom. The second-order valence-corrected chi connectivity index (χ2v) is 8.87. The Morgan fingerprint density at radius 1 is 1.09 bits per heavy atom. The summed E-state index contributed by atoms with van der Waals surface area (Å²) in [4.78, 5) is 36.9. The summed E-state index contributed by atoms with van der Waals surface area (Å²) in [5, 5.41) is 0. The molecule has 0 amide bonds. The number of nitrogens with two attached hydrogens (primary N) is 2. The van der Waals surface area contributed by atoms with Crippen LogP contribution in [-0.4, -0.2) is 25.7 Å². The van der Waals surface area contributed by atoms with E-state index >= 15 is 0 Å². The van der Waals surface area contributed by atoms with Crippen LogP contribution in [0.2, 0.25) is 0 Å². The van der Waals surface area contributed by atoms with E-state index in [9.17, 15) is 18.9 Å². The highest BCUT2D eigenvalue weighted by molar-refractivity contribution is 7.52. The van der Waals surface area contributed by atoms with Crippen LogP contribution in [0.1, 0.15) is 41.4 Å². The van der Waals surface area contributed by atoms with Gasteiger partial charge in [-0.15, -0.1) is 0 Å². The lowest BCUT2D eigenvalue weighted by molar-refractivity contribution is 0.350. The summed E-state index contributed by atoms with van der Waals surface area (Å²) in [5.41, 5.74) is 11.6. The molecule has 8 N–H and O–H groups in total. The van der Waals surface area contributed by atoms with Gasteiger partial charge in [-0.25, -0.2) is 0 Å². The van der Waals surface area contributed by atoms with Crippen LogP contribution < -0.4 is 11.5 Å². The molecule has 0 spiro atoms. The minimum Gasteiger partial charge on any atom is -0.324 e. The molecular weight excluding hydrogens is 330 g/mol. The number of rotatable bonds is 7. The van der Waals surface area contributed by atoms with E-state index in [-0.39, 0.29) is 12.8 Å². The monoisotopic (exact) mass is 352 g/mol. The van der Waals surface area contributed by atoms with E-state index in [1.807, 2.05) is 0 Å². The zero-order valence-corrected chi connectivity index (χ0v) is 14.0. The predicted molar refractivity (Wildman–Crippen MR) is 83.2 cm³/mol. The molecule has 10 heteroatoms. The summed E-state index contributed by atoms with van der Waals surface area (Å²) in [5.74, 6) is 0. The molecule has 1 aromatic rings. The summed E-state index contributed by atoms with van der Waals surface area (Å²) in [6.07, 6.45) is -1.42. The standard InChI is InChI=1S/C12H22N2O6P2/c1-8-4-5-9(12(13)14)10(7-8)11(22(18,19)20)3-2-6-21(15,16)17/h4-5,7,11-12H,2-3,6,13-14H2,1H3,(H2,15,16,17)(H2,18,19,20). The van der Waals surface area contributed by atoms with Crippen molar-refractivity contribution in [1.29, 1.82) is 0 Å². The van der Waals surface area contributed by atoms with Crippen LogP contribution >= 0.6 is 15.2 Å². The Balaban J connectivity index is 3.15. The molecule has 1 atom stereocenters. The van der Waals surface area contributed by atoms with Gasteiger partial charge in [-0.05, 0) is 30.9 Å². The average molecular weight is 352 g/mol. The van der Waals surface area contributed by atoms with E-state index in [1.165, 1.54) is 0 Å². The minimum absolute atomic E-state index is 0.0206. The molecule has 126 valence electrons. The second kappa shape index (κ2) is 7.34. The number of hydrogen-bond acceptors (Lipinski definition) is 4. The molecule has 1 rings (SSSR count). The first-order valence-corrected chi connectivity index (χ1v) is 10.1. The molecule has 0 aliphatic rings. The molecule has 22 heavy (non-hydrogen) atoms. The van der Waals surface area contributed by atoms with Gasteiger partial charge in [-0.3, -0.25) is 9.13 Å². The first kappa shape index (κ1) is 19.5. The number of aryl methyl sites for hydroxylation is 1. The second-order valence-electron chi connectivity index (χ2n) is 5.29. The molecule has 8 nitrogen and oxygen atoms in total. The number of hydrogen-bond donors (Lipinski definition) is 6. The highest BCUT2D eigenvalue weighted by Crippen LogP contribution is 2.55. The van der Waals surface area contributed by atoms with Gasteiger partial charge in [-0.2, -0.15) is 0 Å². The third-order valence-electron chi connectivity index (χ3n) is 3.29. The molecule has 1 aromatic carbocycles. The quantitative estimate of drug-likeness (QED) is 0.313. The summed E-state index contributed by atoms with van der Waals surface area (Å²) < 4.78 is 22.7. The Morgan fingerprint density at radius 3 is 2.14 bits per heavy atom. The Kier molecular flexibility index (Phi) is 6.50. The maximum atomic E-state index is 11.8. The first-order chi connectivity index (χ1) is 9.92. The average Bonchev–Trinajstić information content (AvgIpc) is 2.31. The molecule has 0 bridgehead atoms. The zero-order valence-electron chi connectivity index (χ0n) is 12.2. The summed E-state index contributed by atoms with van der Waals surface area (Å²) in [6.45, 7) is 1.77. The molecule has 0 heterocycles. The van der Waals surface area contributed by atoms with Crippen molar-refractivity contribution in [3.05, 3.63) is 34.9 Å². The van der Waals surface area contributed by atoms with E-state index in [1.54, 1.807) is 25.1 Å². The summed E-state index contributed by atoms with van der Waals surface area (Å²) >= 11 is 0. The van der Waals surface area contributed by atoms with Crippen LogP contribution in [0.25, 0.3) is 0 Å². The molecule has 0 aromatic heterocycles. The fourth-order valence-electron chi connectivity index (χ4n) is 2.28. The SMILES string of the molecule is Cc1ccc(C(N)N)c(C(CCCP(=O)(O)O)P(=O)(O)O)c1. The van der Waals surface area contributed by atoms with E-state index in [2.05, 4.69) is 0 Å². The van der Waals surface area contributed by atoms with Crippen molar-refractivity contribution in [2.75, 3.05) is 6.16 Å². The Hall–Kier alpha value is -0.560. The lowest BCUT2D eigenvalue weighted by Gasteiger charge is -2.23. The van der Waals surface area contributed by atoms with Crippen molar-refractivity contribution < 1.29 is 28.7 Å². The van der Waals surface area contributed by atoms with E-state index in [0.29, 0.717) is 11.1 Å². The zero-order chi connectivity index (χ0) is 17.1. The third kappa shape index (κ3) is 5.91. The van der Waals surface area contributed by atoms with E-state index in [0.717, 1.165) is 5.56 Å². The lowest BCUT2D eigenvalue weighted by atomic mass is 9.97. The van der Waals surface area contributed by atoms with Crippen molar-refractivity contribution >= 4 is 15.2 Å². The fraction of sp³-hybridized carbons (Fsp3) is 0.500. The van der Waals surface area contributed by atoms with Gasteiger partial charge in [0.1, 0.15) is 0 Å². The van der Waals surface area contributed by atoms with Crippen molar-refractivity contribution in [3.63, 3.8) is 0 Å². The molecular formula is C12H22N2O6P2. The third-order valence-corrected chi connectivity index (χ3v) is 5.54. The van der Waals surface area contributed by atoms with Gasteiger partial charge in [0, 0.05) is 6.16 Å². The molecule has 0 saturated carbocycles.